The second-order valence-corrected chi connectivity index (χ2v) is 6.26. The van der Waals surface area contributed by atoms with Gasteiger partial charge in [-0.3, -0.25) is 4.79 Å². The van der Waals surface area contributed by atoms with Crippen molar-refractivity contribution < 1.29 is 9.53 Å². The number of carbonyl (C=O) groups is 1. The van der Waals surface area contributed by atoms with Crippen LogP contribution in [0.1, 0.15) is 11.1 Å². The second-order valence-electron chi connectivity index (χ2n) is 5.86. The highest BCUT2D eigenvalue weighted by atomic mass is 35.5. The molecule has 0 saturated heterocycles. The third-order valence-electron chi connectivity index (χ3n) is 4.00. The van der Waals surface area contributed by atoms with Gasteiger partial charge in [0.15, 0.2) is 0 Å². The van der Waals surface area contributed by atoms with Crippen LogP contribution >= 0.6 is 11.6 Å². The molecular weight excluding hydrogens is 324 g/mol. The van der Waals surface area contributed by atoms with Crippen LogP contribution in [-0.2, 0) is 11.3 Å². The van der Waals surface area contributed by atoms with E-state index in [1.165, 1.54) is 5.56 Å². The lowest BCUT2D eigenvalue weighted by atomic mass is 10.2. The number of amides is 1. The van der Waals surface area contributed by atoms with Gasteiger partial charge in [-0.05, 0) is 49.1 Å². The van der Waals surface area contributed by atoms with Crippen molar-refractivity contribution in [3.05, 3.63) is 58.7 Å². The number of halogens is 1. The molecule has 124 valence electrons. The lowest BCUT2D eigenvalue weighted by Gasteiger charge is -2.13. The van der Waals surface area contributed by atoms with Crippen molar-refractivity contribution >= 4 is 34.1 Å². The predicted molar refractivity (Wildman–Crippen MR) is 98.0 cm³/mol. The smallest absolute Gasteiger partial charge is 0.244 e. The van der Waals surface area contributed by atoms with Gasteiger partial charge in [0.05, 0.1) is 12.8 Å². The Labute approximate surface area is 146 Å². The summed E-state index contributed by atoms with van der Waals surface area (Å²) in [5.41, 5.74) is 3.74. The number of benzene rings is 2. The first kappa shape index (κ1) is 16.4. The first-order valence-electron chi connectivity index (χ1n) is 7.67. The molecule has 0 fully saturated rings. The zero-order valence-corrected chi connectivity index (χ0v) is 14.6. The summed E-state index contributed by atoms with van der Waals surface area (Å²) in [5.74, 6) is 0.431. The first-order valence-corrected chi connectivity index (χ1v) is 8.05. The molecule has 3 rings (SSSR count). The molecule has 1 amide bonds. The van der Waals surface area contributed by atoms with Gasteiger partial charge in [-0.25, -0.2) is 0 Å². The molecule has 0 bridgehead atoms. The monoisotopic (exact) mass is 342 g/mol. The second kappa shape index (κ2) is 6.57. The van der Waals surface area contributed by atoms with Crippen LogP contribution in [0.3, 0.4) is 0 Å². The average Bonchev–Trinajstić information content (AvgIpc) is 2.92. The van der Waals surface area contributed by atoms with Crippen LogP contribution in [0.2, 0.25) is 5.02 Å². The molecule has 0 saturated carbocycles. The number of anilines is 1. The maximum absolute atomic E-state index is 12.4. The van der Waals surface area contributed by atoms with Gasteiger partial charge >= 0.3 is 0 Å². The van der Waals surface area contributed by atoms with E-state index >= 15 is 0 Å². The van der Waals surface area contributed by atoms with E-state index in [-0.39, 0.29) is 12.5 Å². The van der Waals surface area contributed by atoms with Crippen LogP contribution in [0.25, 0.3) is 10.9 Å². The molecule has 1 N–H and O–H groups in total. The molecule has 1 heterocycles. The van der Waals surface area contributed by atoms with Gasteiger partial charge in [-0.2, -0.15) is 0 Å². The van der Waals surface area contributed by atoms with Crippen molar-refractivity contribution in [2.24, 2.45) is 0 Å². The quantitative estimate of drug-likeness (QED) is 0.755. The lowest BCUT2D eigenvalue weighted by Crippen LogP contribution is -2.18. The van der Waals surface area contributed by atoms with E-state index in [9.17, 15) is 4.79 Å². The van der Waals surface area contributed by atoms with Crippen molar-refractivity contribution in [3.63, 3.8) is 0 Å². The summed E-state index contributed by atoms with van der Waals surface area (Å²) >= 11 is 6.10. The Balaban J connectivity index is 1.81. The topological polar surface area (TPSA) is 43.3 Å². The molecule has 1 aromatic heterocycles. The standard InChI is InChI=1S/C19H19ClN2O2/c1-12-4-5-17-14(8-12)6-7-22(17)11-19(23)21-16-9-13(2)15(20)10-18(16)24-3/h4-10H,11H2,1-3H3,(H,21,23). The average molecular weight is 343 g/mol. The summed E-state index contributed by atoms with van der Waals surface area (Å²) < 4.78 is 7.22. The summed E-state index contributed by atoms with van der Waals surface area (Å²) in [5, 5.41) is 4.64. The highest BCUT2D eigenvalue weighted by molar-refractivity contribution is 6.31. The maximum Gasteiger partial charge on any atom is 0.244 e. The Morgan fingerprint density at radius 1 is 1.21 bits per heavy atom. The maximum atomic E-state index is 12.4. The molecule has 3 aromatic rings. The SMILES string of the molecule is COc1cc(Cl)c(C)cc1NC(=O)Cn1ccc2cc(C)ccc21. The molecule has 0 atom stereocenters. The number of hydrogen-bond acceptors (Lipinski definition) is 2. The molecule has 0 spiro atoms. The summed E-state index contributed by atoms with van der Waals surface area (Å²) in [4.78, 5) is 12.4. The minimum Gasteiger partial charge on any atom is -0.495 e. The highest BCUT2D eigenvalue weighted by Gasteiger charge is 2.12. The molecule has 0 aliphatic heterocycles. The number of aryl methyl sites for hydroxylation is 2. The molecule has 0 unspecified atom stereocenters. The van der Waals surface area contributed by atoms with Crippen LogP contribution in [0.15, 0.2) is 42.6 Å². The minimum absolute atomic E-state index is 0.118. The molecule has 4 nitrogen and oxygen atoms in total. The number of aromatic nitrogens is 1. The van der Waals surface area contributed by atoms with Gasteiger partial charge < -0.3 is 14.6 Å². The normalized spacial score (nSPS) is 10.8. The zero-order chi connectivity index (χ0) is 17.3. The number of rotatable bonds is 4. The van der Waals surface area contributed by atoms with E-state index in [1.54, 1.807) is 13.2 Å². The lowest BCUT2D eigenvalue weighted by molar-refractivity contribution is -0.116. The van der Waals surface area contributed by atoms with Gasteiger partial charge in [0.2, 0.25) is 5.91 Å². The van der Waals surface area contributed by atoms with Crippen LogP contribution in [-0.4, -0.2) is 17.6 Å². The van der Waals surface area contributed by atoms with Crippen molar-refractivity contribution in [1.82, 2.24) is 4.57 Å². The predicted octanol–water partition coefficient (Wildman–Crippen LogP) is 4.56. The molecule has 5 heteroatoms. The van der Waals surface area contributed by atoms with E-state index in [0.717, 1.165) is 16.5 Å². The molecule has 0 aliphatic rings. The first-order chi connectivity index (χ1) is 11.5. The number of carbonyl (C=O) groups excluding carboxylic acids is 1. The summed E-state index contributed by atoms with van der Waals surface area (Å²) in [6.45, 7) is 4.18. The minimum atomic E-state index is -0.118. The van der Waals surface area contributed by atoms with Crippen molar-refractivity contribution in [2.45, 2.75) is 20.4 Å². The van der Waals surface area contributed by atoms with Crippen LogP contribution < -0.4 is 10.1 Å². The molecule has 0 aliphatic carbocycles. The number of nitrogens with one attached hydrogen (secondary N) is 1. The fourth-order valence-electron chi connectivity index (χ4n) is 2.73. The van der Waals surface area contributed by atoms with Crippen LogP contribution in [0, 0.1) is 13.8 Å². The molecule has 0 radical (unpaired) electrons. The van der Waals surface area contributed by atoms with Gasteiger partial charge in [0.25, 0.3) is 0 Å². The Kier molecular flexibility index (Phi) is 4.49. The van der Waals surface area contributed by atoms with Gasteiger partial charge in [0.1, 0.15) is 12.3 Å². The van der Waals surface area contributed by atoms with E-state index in [0.29, 0.717) is 16.5 Å². The van der Waals surface area contributed by atoms with Gasteiger partial charge in [0, 0.05) is 22.8 Å². The summed E-state index contributed by atoms with van der Waals surface area (Å²) in [7, 11) is 1.55. The number of ether oxygens (including phenoxy) is 1. The third-order valence-corrected chi connectivity index (χ3v) is 4.40. The Morgan fingerprint density at radius 2 is 2.00 bits per heavy atom. The van der Waals surface area contributed by atoms with E-state index in [1.807, 2.05) is 42.0 Å². The third kappa shape index (κ3) is 3.24. The fourth-order valence-corrected chi connectivity index (χ4v) is 2.89. The summed E-state index contributed by atoms with van der Waals surface area (Å²) in [6.07, 6.45) is 1.92. The molecular formula is C19H19ClN2O2. The van der Waals surface area contributed by atoms with Gasteiger partial charge in [-0.15, -0.1) is 0 Å². The molecule has 24 heavy (non-hydrogen) atoms. The Hall–Kier alpha value is -2.46. The number of methoxy groups -OCH3 is 1. The number of hydrogen-bond donors (Lipinski definition) is 1. The summed E-state index contributed by atoms with van der Waals surface area (Å²) in [6, 6.07) is 11.7. The number of nitrogens with zero attached hydrogens (tertiary/aromatic N) is 1. The van der Waals surface area contributed by atoms with E-state index < -0.39 is 0 Å². The Morgan fingerprint density at radius 3 is 2.75 bits per heavy atom. The zero-order valence-electron chi connectivity index (χ0n) is 13.9. The van der Waals surface area contributed by atoms with Crippen LogP contribution in [0.5, 0.6) is 5.75 Å². The van der Waals surface area contributed by atoms with Crippen molar-refractivity contribution in [3.8, 4) is 5.75 Å². The van der Waals surface area contributed by atoms with Crippen LogP contribution in [0.4, 0.5) is 5.69 Å². The van der Waals surface area contributed by atoms with Crippen molar-refractivity contribution in [2.75, 3.05) is 12.4 Å². The van der Waals surface area contributed by atoms with E-state index in [4.69, 9.17) is 16.3 Å². The molecule has 2 aromatic carbocycles. The highest BCUT2D eigenvalue weighted by Crippen LogP contribution is 2.31. The largest absolute Gasteiger partial charge is 0.495 e. The van der Waals surface area contributed by atoms with Crippen molar-refractivity contribution in [1.29, 1.82) is 0 Å². The van der Waals surface area contributed by atoms with E-state index in [2.05, 4.69) is 18.3 Å². The number of fused-ring (bicyclic) bond motifs is 1. The van der Waals surface area contributed by atoms with Gasteiger partial charge in [-0.1, -0.05) is 23.2 Å². The Bertz CT molecular complexity index is 915. The fraction of sp³-hybridized carbons (Fsp3) is 0.211.